The van der Waals surface area contributed by atoms with Gasteiger partial charge in [-0.15, -0.1) is 0 Å². The van der Waals surface area contributed by atoms with Gasteiger partial charge in [0.25, 0.3) is 5.69 Å². The molecular formula is C13H18F2N2O2. The largest absolute Gasteiger partial charge is 0.378 e. The van der Waals surface area contributed by atoms with Crippen LogP contribution in [0.2, 0.25) is 0 Å². The Hall–Kier alpha value is -1.72. The molecule has 1 aromatic rings. The number of rotatable bonds is 7. The summed E-state index contributed by atoms with van der Waals surface area (Å²) in [5.74, 6) is -1.87. The molecule has 0 saturated heterocycles. The van der Waals surface area contributed by atoms with Crippen LogP contribution in [0.4, 0.5) is 20.2 Å². The predicted molar refractivity (Wildman–Crippen MR) is 70.2 cm³/mol. The van der Waals surface area contributed by atoms with Crippen molar-refractivity contribution in [2.24, 2.45) is 0 Å². The molecule has 19 heavy (non-hydrogen) atoms. The van der Waals surface area contributed by atoms with Crippen LogP contribution in [-0.2, 0) is 0 Å². The minimum Gasteiger partial charge on any atom is -0.378 e. The molecule has 1 unspecified atom stereocenters. The molecule has 0 saturated carbocycles. The van der Waals surface area contributed by atoms with Crippen molar-refractivity contribution >= 4 is 11.4 Å². The Kier molecular flexibility index (Phi) is 5.66. The molecule has 4 nitrogen and oxygen atoms in total. The highest BCUT2D eigenvalue weighted by Gasteiger charge is 2.18. The minimum absolute atomic E-state index is 0.0861. The van der Waals surface area contributed by atoms with E-state index in [0.29, 0.717) is 0 Å². The van der Waals surface area contributed by atoms with Gasteiger partial charge in [0.2, 0.25) is 0 Å². The first-order valence-electron chi connectivity index (χ1n) is 6.35. The van der Waals surface area contributed by atoms with Gasteiger partial charge in [-0.1, -0.05) is 26.2 Å². The van der Waals surface area contributed by atoms with Gasteiger partial charge in [-0.3, -0.25) is 10.1 Å². The molecule has 1 rings (SSSR count). The molecule has 1 aromatic carbocycles. The predicted octanol–water partition coefficient (Wildman–Crippen LogP) is 4.25. The fraction of sp³-hybridized carbons (Fsp3) is 0.538. The van der Waals surface area contributed by atoms with Crippen molar-refractivity contribution in [3.8, 4) is 0 Å². The van der Waals surface area contributed by atoms with Crippen molar-refractivity contribution < 1.29 is 13.7 Å². The lowest BCUT2D eigenvalue weighted by Crippen LogP contribution is -2.17. The number of nitrogens with one attached hydrogen (secondary N) is 1. The van der Waals surface area contributed by atoms with E-state index >= 15 is 0 Å². The van der Waals surface area contributed by atoms with Crippen LogP contribution in [0.5, 0.6) is 0 Å². The summed E-state index contributed by atoms with van der Waals surface area (Å²) < 4.78 is 27.2. The average Bonchev–Trinajstić information content (AvgIpc) is 2.33. The van der Waals surface area contributed by atoms with Crippen LogP contribution >= 0.6 is 0 Å². The third kappa shape index (κ3) is 4.46. The highest BCUT2D eigenvalue weighted by atomic mass is 19.1. The molecule has 0 radical (unpaired) electrons. The Morgan fingerprint density at radius 1 is 1.32 bits per heavy atom. The summed E-state index contributed by atoms with van der Waals surface area (Å²) in [4.78, 5) is 9.65. The number of benzene rings is 1. The average molecular weight is 272 g/mol. The topological polar surface area (TPSA) is 55.2 Å². The maximum atomic E-state index is 13.6. The molecule has 106 valence electrons. The SMILES string of the molecule is CCCCCC(C)Nc1c(F)cc([N+](=O)[O-])cc1F. The molecule has 1 atom stereocenters. The van der Waals surface area contributed by atoms with E-state index in [9.17, 15) is 18.9 Å². The van der Waals surface area contributed by atoms with Crippen LogP contribution in [0.15, 0.2) is 12.1 Å². The number of anilines is 1. The molecule has 0 amide bonds. The Morgan fingerprint density at radius 2 is 1.89 bits per heavy atom. The van der Waals surface area contributed by atoms with Gasteiger partial charge in [0.15, 0.2) is 11.6 Å². The number of halogens is 2. The van der Waals surface area contributed by atoms with Gasteiger partial charge >= 0.3 is 0 Å². The van der Waals surface area contributed by atoms with Crippen molar-refractivity contribution in [1.29, 1.82) is 0 Å². The molecule has 0 bridgehead atoms. The number of nitro benzene ring substituents is 1. The summed E-state index contributed by atoms with van der Waals surface area (Å²) in [6, 6.07) is 1.37. The lowest BCUT2D eigenvalue weighted by Gasteiger charge is -2.16. The van der Waals surface area contributed by atoms with Crippen LogP contribution in [0.25, 0.3) is 0 Å². The van der Waals surface area contributed by atoms with Crippen LogP contribution < -0.4 is 5.32 Å². The van der Waals surface area contributed by atoms with Gasteiger partial charge in [-0.2, -0.15) is 0 Å². The number of hydrogen-bond acceptors (Lipinski definition) is 3. The van der Waals surface area contributed by atoms with E-state index in [2.05, 4.69) is 12.2 Å². The molecule has 6 heteroatoms. The molecule has 1 N–H and O–H groups in total. The molecule has 0 aliphatic heterocycles. The first kappa shape index (κ1) is 15.3. The smallest absolute Gasteiger partial charge is 0.275 e. The molecule has 0 spiro atoms. The number of unbranched alkanes of at least 4 members (excludes halogenated alkanes) is 2. The van der Waals surface area contributed by atoms with E-state index in [4.69, 9.17) is 0 Å². The molecule has 0 heterocycles. The van der Waals surface area contributed by atoms with E-state index in [1.165, 1.54) is 0 Å². The highest BCUT2D eigenvalue weighted by molar-refractivity contribution is 5.52. The first-order chi connectivity index (χ1) is 8.95. The summed E-state index contributed by atoms with van der Waals surface area (Å²) >= 11 is 0. The molecular weight excluding hydrogens is 254 g/mol. The van der Waals surface area contributed by atoms with E-state index < -0.39 is 22.2 Å². The summed E-state index contributed by atoms with van der Waals surface area (Å²) in [7, 11) is 0. The monoisotopic (exact) mass is 272 g/mol. The molecule has 0 aliphatic rings. The summed E-state index contributed by atoms with van der Waals surface area (Å²) in [5, 5.41) is 13.2. The van der Waals surface area contributed by atoms with Gasteiger partial charge in [-0.05, 0) is 13.3 Å². The van der Waals surface area contributed by atoms with E-state index in [0.717, 1.165) is 37.8 Å². The lowest BCUT2D eigenvalue weighted by molar-refractivity contribution is -0.385. The quantitative estimate of drug-likeness (QED) is 0.458. The normalized spacial score (nSPS) is 12.2. The van der Waals surface area contributed by atoms with E-state index in [-0.39, 0.29) is 11.7 Å². The fourth-order valence-electron chi connectivity index (χ4n) is 1.82. The zero-order chi connectivity index (χ0) is 14.4. The standard InChI is InChI=1S/C13H18F2N2O2/c1-3-4-5-6-9(2)16-13-11(14)7-10(17(18)19)8-12(13)15/h7-9,16H,3-6H2,1-2H3. The number of hydrogen-bond donors (Lipinski definition) is 1. The molecule has 0 aliphatic carbocycles. The second-order valence-electron chi connectivity index (χ2n) is 4.58. The third-order valence-electron chi connectivity index (χ3n) is 2.87. The van der Waals surface area contributed by atoms with Crippen LogP contribution in [0.3, 0.4) is 0 Å². The lowest BCUT2D eigenvalue weighted by atomic mass is 10.1. The minimum atomic E-state index is -0.936. The molecule has 0 fully saturated rings. The number of non-ortho nitro benzene ring substituents is 1. The van der Waals surface area contributed by atoms with Crippen LogP contribution in [0.1, 0.15) is 39.5 Å². The summed E-state index contributed by atoms with van der Waals surface area (Å²) in [6.45, 7) is 3.91. The van der Waals surface area contributed by atoms with Gasteiger partial charge in [0.1, 0.15) is 5.69 Å². The third-order valence-corrected chi connectivity index (χ3v) is 2.87. The second-order valence-corrected chi connectivity index (χ2v) is 4.58. The van der Waals surface area contributed by atoms with Crippen molar-refractivity contribution in [3.05, 3.63) is 33.9 Å². The Labute approximate surface area is 111 Å². The Morgan fingerprint density at radius 3 is 2.37 bits per heavy atom. The van der Waals surface area contributed by atoms with Crippen molar-refractivity contribution in [3.63, 3.8) is 0 Å². The highest BCUT2D eigenvalue weighted by Crippen LogP contribution is 2.25. The second kappa shape index (κ2) is 7.01. The van der Waals surface area contributed by atoms with Gasteiger partial charge in [0, 0.05) is 6.04 Å². The van der Waals surface area contributed by atoms with Gasteiger partial charge in [0.05, 0.1) is 17.1 Å². The molecule has 0 aromatic heterocycles. The van der Waals surface area contributed by atoms with Crippen LogP contribution in [-0.4, -0.2) is 11.0 Å². The van der Waals surface area contributed by atoms with E-state index in [1.54, 1.807) is 0 Å². The zero-order valence-electron chi connectivity index (χ0n) is 11.1. The van der Waals surface area contributed by atoms with Crippen LogP contribution in [0, 0.1) is 21.7 Å². The zero-order valence-corrected chi connectivity index (χ0v) is 11.1. The summed E-state index contributed by atoms with van der Waals surface area (Å²) in [5.41, 5.74) is -0.881. The van der Waals surface area contributed by atoms with Gasteiger partial charge in [-0.25, -0.2) is 8.78 Å². The van der Waals surface area contributed by atoms with E-state index in [1.807, 2.05) is 6.92 Å². The maximum absolute atomic E-state index is 13.6. The number of nitro groups is 1. The summed E-state index contributed by atoms with van der Waals surface area (Å²) in [6.07, 6.45) is 3.91. The van der Waals surface area contributed by atoms with Crippen molar-refractivity contribution in [2.45, 2.75) is 45.6 Å². The Bertz CT molecular complexity index is 429. The van der Waals surface area contributed by atoms with Crippen molar-refractivity contribution in [2.75, 3.05) is 5.32 Å². The Balaban J connectivity index is 2.75. The van der Waals surface area contributed by atoms with Crippen molar-refractivity contribution in [1.82, 2.24) is 0 Å². The fourth-order valence-corrected chi connectivity index (χ4v) is 1.82. The maximum Gasteiger partial charge on any atom is 0.275 e. The van der Waals surface area contributed by atoms with Gasteiger partial charge < -0.3 is 5.32 Å². The first-order valence-corrected chi connectivity index (χ1v) is 6.35. The number of nitrogens with zero attached hydrogens (tertiary/aromatic N) is 1.